The third-order valence-corrected chi connectivity index (χ3v) is 4.14. The maximum Gasteiger partial charge on any atom is 0.231 e. The van der Waals surface area contributed by atoms with Crippen LogP contribution in [0.3, 0.4) is 0 Å². The van der Waals surface area contributed by atoms with Crippen LogP contribution in [0.1, 0.15) is 46.6 Å². The Kier molecular flexibility index (Phi) is 8.50. The minimum absolute atomic E-state index is 0.00431. The molecule has 1 rings (SSSR count). The first-order chi connectivity index (χ1) is 8.90. The van der Waals surface area contributed by atoms with Crippen LogP contribution in [0.4, 0.5) is 5.82 Å². The number of amides is 1. The van der Waals surface area contributed by atoms with Gasteiger partial charge in [-0.05, 0) is 34.0 Å². The summed E-state index contributed by atoms with van der Waals surface area (Å²) < 4.78 is 0.933. The number of hydrogen-bond donors (Lipinski definition) is 1. The highest BCUT2D eigenvalue weighted by Gasteiger charge is 2.25. The van der Waals surface area contributed by atoms with Crippen LogP contribution in [-0.2, 0) is 10.1 Å². The lowest BCUT2D eigenvalue weighted by Crippen LogP contribution is -2.30. The Morgan fingerprint density at radius 2 is 2.00 bits per heavy atom. The van der Waals surface area contributed by atoms with E-state index in [0.717, 1.165) is 21.8 Å². The SMILES string of the molecule is CC.CCC(C)(C)C(=O)Nc1cc(CBr)c(Br)cn1. The minimum Gasteiger partial charge on any atom is -0.310 e. The first-order valence-electron chi connectivity index (χ1n) is 6.42. The molecule has 0 aliphatic rings. The van der Waals surface area contributed by atoms with Crippen molar-refractivity contribution in [1.82, 2.24) is 4.98 Å². The lowest BCUT2D eigenvalue weighted by Gasteiger charge is -2.21. The summed E-state index contributed by atoms with van der Waals surface area (Å²) in [7, 11) is 0. The van der Waals surface area contributed by atoms with E-state index in [9.17, 15) is 4.79 Å². The Bertz CT molecular complexity index is 420. The van der Waals surface area contributed by atoms with E-state index in [1.807, 2.05) is 40.7 Å². The highest BCUT2D eigenvalue weighted by atomic mass is 79.9. The van der Waals surface area contributed by atoms with Gasteiger partial charge in [-0.2, -0.15) is 0 Å². The standard InChI is InChI=1S/C12H16Br2N2O.C2H6/c1-4-12(2,3)11(17)16-10-5-8(6-13)9(14)7-15-10;1-2/h5,7H,4,6H2,1-3H3,(H,15,16,17);1-2H3. The number of carbonyl (C=O) groups excluding carboxylic acids is 1. The molecule has 0 bridgehead atoms. The Balaban J connectivity index is 0.00000154. The predicted octanol–water partition coefficient (Wildman–Crippen LogP) is 5.14. The molecular weight excluding hydrogens is 372 g/mol. The second-order valence-electron chi connectivity index (χ2n) is 4.49. The molecule has 1 heterocycles. The summed E-state index contributed by atoms with van der Waals surface area (Å²) in [6.07, 6.45) is 2.49. The smallest absolute Gasteiger partial charge is 0.231 e. The third kappa shape index (κ3) is 5.61. The molecule has 0 spiro atoms. The number of nitrogens with one attached hydrogen (secondary N) is 1. The van der Waals surface area contributed by atoms with E-state index in [4.69, 9.17) is 0 Å². The molecule has 1 aromatic rings. The molecule has 3 nitrogen and oxygen atoms in total. The van der Waals surface area contributed by atoms with E-state index < -0.39 is 0 Å². The summed E-state index contributed by atoms with van der Waals surface area (Å²) in [5.41, 5.74) is 0.688. The molecule has 0 aliphatic heterocycles. The summed E-state index contributed by atoms with van der Waals surface area (Å²) in [5.74, 6) is 0.588. The van der Waals surface area contributed by atoms with Crippen LogP contribution in [0, 0.1) is 5.41 Å². The zero-order chi connectivity index (χ0) is 15.1. The largest absolute Gasteiger partial charge is 0.310 e. The lowest BCUT2D eigenvalue weighted by molar-refractivity contribution is -0.124. The van der Waals surface area contributed by atoms with Gasteiger partial charge in [0.1, 0.15) is 5.82 Å². The fraction of sp³-hybridized carbons (Fsp3) is 0.571. The zero-order valence-electron chi connectivity index (χ0n) is 12.2. The van der Waals surface area contributed by atoms with E-state index >= 15 is 0 Å². The summed E-state index contributed by atoms with van der Waals surface area (Å²) in [6.45, 7) is 9.84. The summed E-state index contributed by atoms with van der Waals surface area (Å²) >= 11 is 6.80. The topological polar surface area (TPSA) is 42.0 Å². The first-order valence-corrected chi connectivity index (χ1v) is 8.34. The van der Waals surface area contributed by atoms with Crippen LogP contribution < -0.4 is 5.32 Å². The number of nitrogens with zero attached hydrogens (tertiary/aromatic N) is 1. The van der Waals surface area contributed by atoms with Crippen LogP contribution in [0.5, 0.6) is 0 Å². The number of alkyl halides is 1. The summed E-state index contributed by atoms with van der Waals surface area (Å²) in [5, 5.41) is 3.56. The molecule has 108 valence electrons. The highest BCUT2D eigenvalue weighted by molar-refractivity contribution is 9.10. The van der Waals surface area contributed by atoms with Crippen molar-refractivity contribution in [2.75, 3.05) is 5.32 Å². The van der Waals surface area contributed by atoms with Crippen molar-refractivity contribution < 1.29 is 4.79 Å². The molecule has 0 aromatic carbocycles. The Labute approximate surface area is 132 Å². The van der Waals surface area contributed by atoms with E-state index in [1.165, 1.54) is 0 Å². The summed E-state index contributed by atoms with van der Waals surface area (Å²) in [6, 6.07) is 1.86. The van der Waals surface area contributed by atoms with Crippen LogP contribution in [0.2, 0.25) is 0 Å². The van der Waals surface area contributed by atoms with Gasteiger partial charge in [0.05, 0.1) is 0 Å². The Morgan fingerprint density at radius 3 is 2.47 bits per heavy atom. The van der Waals surface area contributed by atoms with Crippen molar-refractivity contribution in [3.63, 3.8) is 0 Å². The number of aromatic nitrogens is 1. The molecule has 0 atom stereocenters. The third-order valence-electron chi connectivity index (χ3n) is 2.82. The molecule has 0 radical (unpaired) electrons. The lowest BCUT2D eigenvalue weighted by atomic mass is 9.89. The number of pyridine rings is 1. The van der Waals surface area contributed by atoms with Gasteiger partial charge < -0.3 is 5.32 Å². The number of anilines is 1. The average Bonchev–Trinajstić information content (AvgIpc) is 2.43. The van der Waals surface area contributed by atoms with Crippen molar-refractivity contribution in [1.29, 1.82) is 0 Å². The van der Waals surface area contributed by atoms with Crippen molar-refractivity contribution >= 4 is 43.6 Å². The van der Waals surface area contributed by atoms with E-state index in [2.05, 4.69) is 42.2 Å². The van der Waals surface area contributed by atoms with Gasteiger partial charge in [-0.25, -0.2) is 4.98 Å². The van der Waals surface area contributed by atoms with Crippen LogP contribution in [0.15, 0.2) is 16.7 Å². The number of hydrogen-bond acceptors (Lipinski definition) is 2. The molecule has 0 unspecified atom stereocenters. The van der Waals surface area contributed by atoms with Gasteiger partial charge in [-0.15, -0.1) is 0 Å². The maximum absolute atomic E-state index is 12.0. The van der Waals surface area contributed by atoms with Gasteiger partial charge in [-0.3, -0.25) is 4.79 Å². The first kappa shape index (κ1) is 18.6. The van der Waals surface area contributed by atoms with Gasteiger partial charge in [0.15, 0.2) is 0 Å². The molecule has 1 N–H and O–H groups in total. The molecule has 19 heavy (non-hydrogen) atoms. The van der Waals surface area contributed by atoms with E-state index in [-0.39, 0.29) is 11.3 Å². The van der Waals surface area contributed by atoms with Crippen LogP contribution in [0.25, 0.3) is 0 Å². The van der Waals surface area contributed by atoms with Crippen LogP contribution in [-0.4, -0.2) is 10.9 Å². The molecular formula is C14H22Br2N2O. The van der Waals surface area contributed by atoms with Gasteiger partial charge in [0, 0.05) is 21.4 Å². The molecule has 0 saturated carbocycles. The molecule has 0 fully saturated rings. The second kappa shape index (κ2) is 8.69. The molecule has 1 aromatic heterocycles. The maximum atomic E-state index is 12.0. The minimum atomic E-state index is -0.372. The fourth-order valence-electron chi connectivity index (χ4n) is 1.10. The fourth-order valence-corrected chi connectivity index (χ4v) is 2.29. The van der Waals surface area contributed by atoms with Crippen molar-refractivity contribution in [2.45, 2.75) is 46.4 Å². The average molecular weight is 394 g/mol. The molecule has 1 amide bonds. The van der Waals surface area contributed by atoms with Crippen molar-refractivity contribution in [3.05, 3.63) is 22.3 Å². The predicted molar refractivity (Wildman–Crippen MR) is 88.6 cm³/mol. The Morgan fingerprint density at radius 1 is 1.42 bits per heavy atom. The quantitative estimate of drug-likeness (QED) is 0.719. The van der Waals surface area contributed by atoms with E-state index in [0.29, 0.717) is 5.82 Å². The monoisotopic (exact) mass is 392 g/mol. The van der Waals surface area contributed by atoms with Gasteiger partial charge in [-0.1, -0.05) is 50.5 Å². The number of carbonyl (C=O) groups is 1. The van der Waals surface area contributed by atoms with Gasteiger partial charge >= 0.3 is 0 Å². The van der Waals surface area contributed by atoms with Crippen molar-refractivity contribution in [3.8, 4) is 0 Å². The van der Waals surface area contributed by atoms with Gasteiger partial charge in [0.2, 0.25) is 5.91 Å². The second-order valence-corrected chi connectivity index (χ2v) is 5.90. The normalized spacial score (nSPS) is 10.5. The Hall–Kier alpha value is -0.420. The molecule has 5 heteroatoms. The highest BCUT2D eigenvalue weighted by Crippen LogP contribution is 2.24. The molecule has 0 aliphatic carbocycles. The number of rotatable bonds is 4. The van der Waals surface area contributed by atoms with E-state index in [1.54, 1.807) is 6.20 Å². The number of halogens is 2. The summed E-state index contributed by atoms with van der Waals surface area (Å²) in [4.78, 5) is 16.2. The van der Waals surface area contributed by atoms with Gasteiger partial charge in [0.25, 0.3) is 0 Å². The molecule has 0 saturated heterocycles. The zero-order valence-corrected chi connectivity index (χ0v) is 15.4. The van der Waals surface area contributed by atoms with Crippen LogP contribution >= 0.6 is 31.9 Å². The van der Waals surface area contributed by atoms with Crippen molar-refractivity contribution in [2.24, 2.45) is 5.41 Å².